The van der Waals surface area contributed by atoms with E-state index >= 15 is 0 Å². The molecule has 0 aliphatic carbocycles. The SMILES string of the molecule is Cc1cc(OC(F)F)c(C(=O)N2CCC(OCCCN)CC2)s1. The van der Waals surface area contributed by atoms with Crippen LogP contribution in [0.1, 0.15) is 33.8 Å². The summed E-state index contributed by atoms with van der Waals surface area (Å²) >= 11 is 1.18. The second kappa shape index (κ2) is 8.56. The van der Waals surface area contributed by atoms with Crippen molar-refractivity contribution in [3.05, 3.63) is 15.8 Å². The number of hydrogen-bond acceptors (Lipinski definition) is 5. The van der Waals surface area contributed by atoms with E-state index in [-0.39, 0.29) is 22.6 Å². The molecular formula is C15H22F2N2O3S. The van der Waals surface area contributed by atoms with Gasteiger partial charge in [0.05, 0.1) is 6.10 Å². The largest absolute Gasteiger partial charge is 0.433 e. The first-order valence-corrected chi connectivity index (χ1v) is 8.49. The zero-order valence-electron chi connectivity index (χ0n) is 13.1. The van der Waals surface area contributed by atoms with E-state index in [1.807, 2.05) is 0 Å². The minimum atomic E-state index is -2.93. The van der Waals surface area contributed by atoms with Crippen LogP contribution in [-0.4, -0.2) is 49.8 Å². The molecule has 5 nitrogen and oxygen atoms in total. The van der Waals surface area contributed by atoms with Crippen LogP contribution in [0.4, 0.5) is 8.78 Å². The smallest absolute Gasteiger partial charge is 0.387 e. The van der Waals surface area contributed by atoms with Crippen molar-refractivity contribution in [2.24, 2.45) is 5.73 Å². The number of halogens is 2. The molecule has 1 saturated heterocycles. The number of piperidine rings is 1. The van der Waals surface area contributed by atoms with E-state index in [1.54, 1.807) is 11.8 Å². The maximum Gasteiger partial charge on any atom is 0.387 e. The topological polar surface area (TPSA) is 64.8 Å². The lowest BCUT2D eigenvalue weighted by molar-refractivity contribution is -0.0500. The van der Waals surface area contributed by atoms with E-state index in [0.717, 1.165) is 24.1 Å². The van der Waals surface area contributed by atoms with Crippen LogP contribution in [0.3, 0.4) is 0 Å². The molecule has 23 heavy (non-hydrogen) atoms. The summed E-state index contributed by atoms with van der Waals surface area (Å²) < 4.78 is 35.0. The molecule has 2 N–H and O–H groups in total. The maximum absolute atomic E-state index is 12.5. The van der Waals surface area contributed by atoms with Gasteiger partial charge in [0.15, 0.2) is 0 Å². The highest BCUT2D eigenvalue weighted by atomic mass is 32.1. The number of carbonyl (C=O) groups excluding carboxylic acids is 1. The van der Waals surface area contributed by atoms with Crippen LogP contribution in [0.25, 0.3) is 0 Å². The summed E-state index contributed by atoms with van der Waals surface area (Å²) in [6.45, 7) is 1.16. The maximum atomic E-state index is 12.5. The standard InChI is InChI=1S/C15H22F2N2O3S/c1-10-9-12(22-15(16)17)13(23-10)14(20)19-6-3-11(4-7-19)21-8-2-5-18/h9,11,15H,2-8,18H2,1H3. The van der Waals surface area contributed by atoms with Gasteiger partial charge in [-0.1, -0.05) is 0 Å². The molecule has 1 aromatic rings. The Morgan fingerprint density at radius 1 is 1.48 bits per heavy atom. The molecule has 8 heteroatoms. The first-order valence-electron chi connectivity index (χ1n) is 7.67. The van der Waals surface area contributed by atoms with Gasteiger partial charge in [0.1, 0.15) is 10.6 Å². The van der Waals surface area contributed by atoms with Gasteiger partial charge in [0.25, 0.3) is 5.91 Å². The summed E-state index contributed by atoms with van der Waals surface area (Å²) in [4.78, 5) is 15.2. The normalized spacial score (nSPS) is 16.1. The second-order valence-electron chi connectivity index (χ2n) is 5.43. The first kappa shape index (κ1) is 18.1. The van der Waals surface area contributed by atoms with Crippen molar-refractivity contribution < 1.29 is 23.0 Å². The third-order valence-electron chi connectivity index (χ3n) is 3.66. The van der Waals surface area contributed by atoms with Gasteiger partial charge in [-0.2, -0.15) is 8.78 Å². The van der Waals surface area contributed by atoms with Crippen LogP contribution >= 0.6 is 11.3 Å². The molecule has 0 atom stereocenters. The molecule has 0 radical (unpaired) electrons. The highest BCUT2D eigenvalue weighted by molar-refractivity contribution is 7.14. The summed E-state index contributed by atoms with van der Waals surface area (Å²) in [5.41, 5.74) is 5.42. The summed E-state index contributed by atoms with van der Waals surface area (Å²) in [7, 11) is 0. The van der Waals surface area contributed by atoms with Gasteiger partial charge in [0.2, 0.25) is 0 Å². The van der Waals surface area contributed by atoms with Crippen molar-refractivity contribution in [1.82, 2.24) is 4.90 Å². The van der Waals surface area contributed by atoms with Crippen molar-refractivity contribution in [1.29, 1.82) is 0 Å². The Kier molecular flexibility index (Phi) is 6.73. The number of thiophene rings is 1. The van der Waals surface area contributed by atoms with E-state index < -0.39 is 6.61 Å². The number of aryl methyl sites for hydroxylation is 1. The minimum absolute atomic E-state index is 0.0335. The van der Waals surface area contributed by atoms with Crippen LogP contribution in [0.15, 0.2) is 6.07 Å². The van der Waals surface area contributed by atoms with Crippen molar-refractivity contribution in [2.45, 2.75) is 38.9 Å². The quantitative estimate of drug-likeness (QED) is 0.770. The van der Waals surface area contributed by atoms with Gasteiger partial charge in [-0.25, -0.2) is 0 Å². The lowest BCUT2D eigenvalue weighted by Crippen LogP contribution is -2.40. The van der Waals surface area contributed by atoms with E-state index in [0.29, 0.717) is 26.2 Å². The van der Waals surface area contributed by atoms with Crippen molar-refractivity contribution >= 4 is 17.2 Å². The predicted molar refractivity (Wildman–Crippen MR) is 84.2 cm³/mol. The number of nitrogens with zero attached hydrogens (tertiary/aromatic N) is 1. The van der Waals surface area contributed by atoms with Crippen LogP contribution in [0, 0.1) is 6.92 Å². The Morgan fingerprint density at radius 3 is 2.78 bits per heavy atom. The molecule has 0 saturated carbocycles. The van der Waals surface area contributed by atoms with Crippen LogP contribution < -0.4 is 10.5 Å². The fraction of sp³-hybridized carbons (Fsp3) is 0.667. The molecule has 0 bridgehead atoms. The highest BCUT2D eigenvalue weighted by Crippen LogP contribution is 2.32. The Bertz CT molecular complexity index is 517. The van der Waals surface area contributed by atoms with E-state index in [2.05, 4.69) is 4.74 Å². The number of likely N-dealkylation sites (tertiary alicyclic amines) is 1. The molecule has 1 aliphatic rings. The molecule has 2 rings (SSSR count). The number of amides is 1. The number of alkyl halides is 2. The summed E-state index contributed by atoms with van der Waals surface area (Å²) in [5.74, 6) is -0.284. The lowest BCUT2D eigenvalue weighted by Gasteiger charge is -2.31. The second-order valence-corrected chi connectivity index (χ2v) is 6.69. The molecule has 1 fully saturated rings. The summed E-state index contributed by atoms with van der Waals surface area (Å²) in [5, 5.41) is 0. The van der Waals surface area contributed by atoms with Crippen molar-refractivity contribution in [2.75, 3.05) is 26.2 Å². The molecule has 0 unspecified atom stereocenters. The molecular weight excluding hydrogens is 326 g/mol. The van der Waals surface area contributed by atoms with Crippen LogP contribution in [-0.2, 0) is 4.74 Å². The van der Waals surface area contributed by atoms with Gasteiger partial charge < -0.3 is 20.1 Å². The number of carbonyl (C=O) groups is 1. The average Bonchev–Trinajstić information content (AvgIpc) is 2.87. The van der Waals surface area contributed by atoms with Crippen molar-refractivity contribution in [3.63, 3.8) is 0 Å². The molecule has 2 heterocycles. The molecule has 1 aromatic heterocycles. The number of ether oxygens (including phenoxy) is 2. The Hall–Kier alpha value is -1.25. The number of nitrogens with two attached hydrogens (primary N) is 1. The molecule has 0 spiro atoms. The van der Waals surface area contributed by atoms with E-state index in [9.17, 15) is 13.6 Å². The van der Waals surface area contributed by atoms with Gasteiger partial charge in [-0.05, 0) is 38.8 Å². The summed E-state index contributed by atoms with van der Waals surface area (Å²) in [6, 6.07) is 1.48. The van der Waals surface area contributed by atoms with Gasteiger partial charge in [-0.3, -0.25) is 4.79 Å². The Labute approximate surface area is 138 Å². The van der Waals surface area contributed by atoms with Gasteiger partial charge in [0, 0.05) is 24.6 Å². The zero-order chi connectivity index (χ0) is 16.8. The molecule has 1 amide bonds. The highest BCUT2D eigenvalue weighted by Gasteiger charge is 2.28. The number of rotatable bonds is 7. The summed E-state index contributed by atoms with van der Waals surface area (Å²) in [6.07, 6.45) is 2.44. The zero-order valence-corrected chi connectivity index (χ0v) is 13.9. The first-order chi connectivity index (χ1) is 11.0. The Morgan fingerprint density at radius 2 is 2.17 bits per heavy atom. The van der Waals surface area contributed by atoms with Gasteiger partial charge >= 0.3 is 6.61 Å². The molecule has 130 valence electrons. The van der Waals surface area contributed by atoms with Gasteiger partial charge in [-0.15, -0.1) is 11.3 Å². The third-order valence-corrected chi connectivity index (χ3v) is 4.68. The van der Waals surface area contributed by atoms with Crippen molar-refractivity contribution in [3.8, 4) is 5.75 Å². The molecule has 0 aromatic carbocycles. The Balaban J connectivity index is 1.92. The van der Waals surface area contributed by atoms with E-state index in [4.69, 9.17) is 10.5 Å². The minimum Gasteiger partial charge on any atom is -0.433 e. The molecule has 1 aliphatic heterocycles. The fourth-order valence-electron chi connectivity index (χ4n) is 2.53. The van der Waals surface area contributed by atoms with Crippen LogP contribution in [0.5, 0.6) is 5.75 Å². The monoisotopic (exact) mass is 348 g/mol. The number of hydrogen-bond donors (Lipinski definition) is 1. The lowest BCUT2D eigenvalue weighted by atomic mass is 10.1. The van der Waals surface area contributed by atoms with Crippen LogP contribution in [0.2, 0.25) is 0 Å². The third kappa shape index (κ3) is 5.12. The average molecular weight is 348 g/mol. The predicted octanol–water partition coefficient (Wildman–Crippen LogP) is 2.63. The van der Waals surface area contributed by atoms with E-state index in [1.165, 1.54) is 17.4 Å². The fourth-order valence-corrected chi connectivity index (χ4v) is 3.44.